The second-order valence-electron chi connectivity index (χ2n) is 6.59. The summed E-state index contributed by atoms with van der Waals surface area (Å²) in [6.45, 7) is 11.0. The van der Waals surface area contributed by atoms with Gasteiger partial charge in [-0.15, -0.1) is 0 Å². The fraction of sp³-hybridized carbons (Fsp3) is 0.444. The van der Waals surface area contributed by atoms with Crippen LogP contribution in [0, 0.1) is 18.3 Å². The van der Waals surface area contributed by atoms with Crippen LogP contribution in [-0.4, -0.2) is 38.4 Å². The molecule has 2 saturated heterocycles. The second-order valence-corrected chi connectivity index (χ2v) is 6.59. The third-order valence-electron chi connectivity index (χ3n) is 4.83. The van der Waals surface area contributed by atoms with Crippen molar-refractivity contribution in [1.82, 2.24) is 5.43 Å². The van der Waals surface area contributed by atoms with Crippen molar-refractivity contribution in [3.63, 3.8) is 0 Å². The van der Waals surface area contributed by atoms with Gasteiger partial charge in [0.2, 0.25) is 0 Å². The van der Waals surface area contributed by atoms with Crippen LogP contribution in [0.5, 0.6) is 0 Å². The van der Waals surface area contributed by atoms with E-state index in [1.807, 2.05) is 11.8 Å². The zero-order valence-corrected chi connectivity index (χ0v) is 14.6. The molecule has 7 nitrogen and oxygen atoms in total. The van der Waals surface area contributed by atoms with E-state index < -0.39 is 6.09 Å². The molecule has 0 spiro atoms. The highest BCUT2D eigenvalue weighted by molar-refractivity contribution is 5.90. The quantitative estimate of drug-likeness (QED) is 0.490. The highest BCUT2D eigenvalue weighted by Gasteiger charge is 2.32. The Morgan fingerprint density at radius 3 is 2.96 bits per heavy atom. The maximum absolute atomic E-state index is 14.7. The lowest BCUT2D eigenvalue weighted by Crippen LogP contribution is -2.36. The Morgan fingerprint density at radius 2 is 2.31 bits per heavy atom. The van der Waals surface area contributed by atoms with E-state index >= 15 is 0 Å². The van der Waals surface area contributed by atoms with Gasteiger partial charge in [-0.05, 0) is 30.5 Å². The Balaban J connectivity index is 1.74. The number of ether oxygens (including phenoxy) is 1. The molecule has 2 aliphatic rings. The van der Waals surface area contributed by atoms with Gasteiger partial charge >= 0.3 is 6.09 Å². The van der Waals surface area contributed by atoms with Gasteiger partial charge in [-0.2, -0.15) is 0 Å². The number of halogens is 1. The lowest BCUT2D eigenvalue weighted by Gasteiger charge is -2.35. The van der Waals surface area contributed by atoms with Crippen LogP contribution in [0.3, 0.4) is 0 Å². The molecular weight excluding hydrogens is 337 g/mol. The minimum absolute atomic E-state index is 0.204. The number of nitrogens with two attached hydrogens (primary N) is 1. The molecule has 1 amide bonds. The third kappa shape index (κ3) is 3.64. The predicted molar refractivity (Wildman–Crippen MR) is 96.9 cm³/mol. The van der Waals surface area contributed by atoms with E-state index in [2.05, 4.69) is 10.3 Å². The molecule has 3 rings (SSSR count). The molecule has 138 valence electrons. The lowest BCUT2D eigenvalue weighted by molar-refractivity contribution is 0.140. The molecule has 2 heterocycles. The number of benzene rings is 1. The molecule has 26 heavy (non-hydrogen) atoms. The van der Waals surface area contributed by atoms with Crippen molar-refractivity contribution >= 4 is 17.5 Å². The van der Waals surface area contributed by atoms with E-state index in [0.717, 1.165) is 12.0 Å². The van der Waals surface area contributed by atoms with Crippen LogP contribution < -0.4 is 21.1 Å². The average molecular weight is 359 g/mol. The first-order valence-electron chi connectivity index (χ1n) is 8.55. The smallest absolute Gasteiger partial charge is 0.414 e. The molecule has 3 N–H and O–H groups in total. The van der Waals surface area contributed by atoms with Gasteiger partial charge in [0, 0.05) is 19.6 Å². The van der Waals surface area contributed by atoms with Gasteiger partial charge in [0.15, 0.2) is 6.20 Å². The molecule has 1 unspecified atom stereocenters. The molecule has 8 heteroatoms. The highest BCUT2D eigenvalue weighted by Crippen LogP contribution is 2.31. The molecule has 1 aromatic carbocycles. The molecule has 2 aliphatic heterocycles. The van der Waals surface area contributed by atoms with E-state index in [-0.39, 0.29) is 17.8 Å². The van der Waals surface area contributed by atoms with Gasteiger partial charge in [0.05, 0.1) is 24.5 Å². The van der Waals surface area contributed by atoms with Crippen LogP contribution >= 0.6 is 0 Å². The van der Waals surface area contributed by atoms with Crippen LogP contribution in [0.2, 0.25) is 0 Å². The van der Waals surface area contributed by atoms with Crippen molar-refractivity contribution in [2.45, 2.75) is 19.4 Å². The third-order valence-corrected chi connectivity index (χ3v) is 4.83. The van der Waals surface area contributed by atoms with Crippen LogP contribution in [-0.2, 0) is 4.74 Å². The Morgan fingerprint density at radius 1 is 1.50 bits per heavy atom. The molecule has 0 radical (unpaired) electrons. The number of cyclic esters (lactones) is 1. The van der Waals surface area contributed by atoms with Crippen LogP contribution in [0.15, 0.2) is 30.0 Å². The fourth-order valence-corrected chi connectivity index (χ4v) is 3.43. The number of hydrazine groups is 1. The summed E-state index contributed by atoms with van der Waals surface area (Å²) in [5.41, 5.74) is 4.56. The maximum Gasteiger partial charge on any atom is 0.414 e. The first-order valence-corrected chi connectivity index (χ1v) is 8.55. The molecule has 1 aromatic rings. The zero-order valence-electron chi connectivity index (χ0n) is 14.6. The fourth-order valence-electron chi connectivity index (χ4n) is 3.43. The van der Waals surface area contributed by atoms with Gasteiger partial charge in [-0.25, -0.2) is 14.0 Å². The van der Waals surface area contributed by atoms with Crippen molar-refractivity contribution < 1.29 is 13.9 Å². The first kappa shape index (κ1) is 18.2. The largest absolute Gasteiger partial charge is 0.443 e. The Kier molecular flexibility index (Phi) is 5.40. The van der Waals surface area contributed by atoms with E-state index in [1.165, 1.54) is 11.0 Å². The highest BCUT2D eigenvalue weighted by atomic mass is 19.1. The molecule has 2 fully saturated rings. The molecule has 0 aliphatic carbocycles. The zero-order chi connectivity index (χ0) is 18.7. The lowest BCUT2D eigenvalue weighted by atomic mass is 9.93. The monoisotopic (exact) mass is 359 g/mol. The van der Waals surface area contributed by atoms with Gasteiger partial charge in [0.25, 0.3) is 0 Å². The number of amides is 1. The van der Waals surface area contributed by atoms with Gasteiger partial charge in [0.1, 0.15) is 11.9 Å². The Hall–Kier alpha value is -2.63. The molecule has 0 saturated carbocycles. The van der Waals surface area contributed by atoms with Gasteiger partial charge in [-0.1, -0.05) is 12.5 Å². The summed E-state index contributed by atoms with van der Waals surface area (Å²) < 4.78 is 19.9. The predicted octanol–water partition coefficient (Wildman–Crippen LogP) is 2.26. The summed E-state index contributed by atoms with van der Waals surface area (Å²) in [5, 5.41) is 0. The van der Waals surface area contributed by atoms with E-state index in [9.17, 15) is 9.18 Å². The summed E-state index contributed by atoms with van der Waals surface area (Å²) in [5.74, 6) is 5.09. The van der Waals surface area contributed by atoms with Crippen LogP contribution in [0.4, 0.5) is 20.6 Å². The minimum Gasteiger partial charge on any atom is -0.443 e. The molecule has 2 atom stereocenters. The summed E-state index contributed by atoms with van der Waals surface area (Å²) in [4.78, 5) is 18.7. The van der Waals surface area contributed by atoms with Crippen molar-refractivity contribution in [3.8, 4) is 0 Å². The molecule has 0 aromatic heterocycles. The number of nitrogens with zero attached hydrogens (tertiary/aromatic N) is 3. The maximum atomic E-state index is 14.7. The van der Waals surface area contributed by atoms with Crippen molar-refractivity contribution in [2.24, 2.45) is 11.8 Å². The van der Waals surface area contributed by atoms with Crippen molar-refractivity contribution in [1.29, 1.82) is 0 Å². The normalized spacial score (nSPS) is 24.7. The molecular formula is C18H22FN5O2. The van der Waals surface area contributed by atoms with Crippen LogP contribution in [0.25, 0.3) is 4.85 Å². The first-order chi connectivity index (χ1) is 12.5. The number of nitrogens with one attached hydrogen (secondary N) is 1. The number of piperidine rings is 1. The van der Waals surface area contributed by atoms with E-state index in [0.29, 0.717) is 37.6 Å². The summed E-state index contributed by atoms with van der Waals surface area (Å²) in [6, 6.07) is 4.79. The topological polar surface area (TPSA) is 75.2 Å². The van der Waals surface area contributed by atoms with Crippen molar-refractivity contribution in [3.05, 3.63) is 47.2 Å². The SMILES string of the molecule is [C-]#[N+]C=C1CCN(c2ccc(N3C[C@H](CNN)OC3=O)cc2F)CC1C. The number of anilines is 2. The van der Waals surface area contributed by atoms with E-state index in [4.69, 9.17) is 17.2 Å². The van der Waals surface area contributed by atoms with E-state index in [1.54, 1.807) is 18.3 Å². The Bertz CT molecular complexity index is 760. The van der Waals surface area contributed by atoms with Crippen LogP contribution in [0.1, 0.15) is 13.3 Å². The number of hydrogen-bond acceptors (Lipinski definition) is 5. The van der Waals surface area contributed by atoms with Gasteiger partial charge < -0.3 is 9.64 Å². The number of carbonyl (C=O) groups is 1. The van der Waals surface area contributed by atoms with Crippen molar-refractivity contribution in [2.75, 3.05) is 36.0 Å². The summed E-state index contributed by atoms with van der Waals surface area (Å²) in [7, 11) is 0. The number of rotatable bonds is 4. The molecule has 0 bridgehead atoms. The summed E-state index contributed by atoms with van der Waals surface area (Å²) >= 11 is 0. The second kappa shape index (κ2) is 7.72. The van der Waals surface area contributed by atoms with Gasteiger partial charge in [-0.3, -0.25) is 16.2 Å². The average Bonchev–Trinajstić information content (AvgIpc) is 2.97. The summed E-state index contributed by atoms with van der Waals surface area (Å²) in [6.07, 6.45) is 1.47. The number of carbonyl (C=O) groups excluding carboxylic acids is 1. The minimum atomic E-state index is -0.502. The standard InChI is InChI=1S/C18H22FN5O2/c1-12-10-23(6-5-13(12)8-21-2)17-4-3-14(7-16(17)19)24-11-15(9-22-20)26-18(24)25/h3-4,7-8,12,15,22H,5-6,9-11,20H2,1H3/t12?,15-/m0/s1. The number of hydrogen-bond donors (Lipinski definition) is 2. The Labute approximate surface area is 152 Å².